The molecule has 3 amide bonds. The molecule has 2 aliphatic heterocycles. The Morgan fingerprint density at radius 1 is 1.00 bits per heavy atom. The third kappa shape index (κ3) is 5.60. The van der Waals surface area contributed by atoms with Crippen LogP contribution < -0.4 is 10.2 Å². The highest BCUT2D eigenvalue weighted by atomic mass is 35.5. The lowest BCUT2D eigenvalue weighted by atomic mass is 10.1. The van der Waals surface area contributed by atoms with Crippen LogP contribution in [0.25, 0.3) is 5.57 Å². The Morgan fingerprint density at radius 2 is 1.77 bits per heavy atom. The number of para-hydroxylation sites is 1. The number of amides is 3. The number of carbonyl (C=O) groups is 3. The van der Waals surface area contributed by atoms with Crippen LogP contribution in [0.3, 0.4) is 0 Å². The van der Waals surface area contributed by atoms with Crippen LogP contribution in [-0.4, -0.2) is 40.0 Å². The summed E-state index contributed by atoms with van der Waals surface area (Å²) in [5, 5.41) is 3.27. The van der Waals surface area contributed by atoms with E-state index in [0.29, 0.717) is 43.3 Å². The Labute approximate surface area is 219 Å². The van der Waals surface area contributed by atoms with E-state index in [0.717, 1.165) is 37.4 Å². The summed E-state index contributed by atoms with van der Waals surface area (Å²) < 4.78 is 0.468. The second kappa shape index (κ2) is 11.4. The summed E-state index contributed by atoms with van der Waals surface area (Å²) in [6.07, 6.45) is 5.37. The largest absolute Gasteiger partial charge is 0.324 e. The van der Waals surface area contributed by atoms with E-state index >= 15 is 0 Å². The fourth-order valence-corrected chi connectivity index (χ4v) is 5.75. The molecule has 6 nitrogen and oxygen atoms in total. The van der Waals surface area contributed by atoms with E-state index in [-0.39, 0.29) is 24.3 Å². The standard InChI is InChI=1S/C26H26ClN3O3S2/c1-2-3-4-5-8-14-29-25(33)23(35-26(29)34)22-19-12-6-7-13-20(19)30(24(22)32)16-21(31)28-18-11-9-10-17(27)15-18/h6-7,9-13,15H,2-5,8,14,16H2,1H3,(H,28,31)/b23-22-. The molecule has 0 radical (unpaired) electrons. The van der Waals surface area contributed by atoms with E-state index in [4.69, 9.17) is 23.8 Å². The molecule has 0 atom stereocenters. The molecule has 1 saturated heterocycles. The summed E-state index contributed by atoms with van der Waals surface area (Å²) in [6.45, 7) is 2.52. The van der Waals surface area contributed by atoms with Crippen molar-refractivity contribution >= 4 is 74.6 Å². The summed E-state index contributed by atoms with van der Waals surface area (Å²) in [5.74, 6) is -0.980. The molecule has 2 aromatic rings. The van der Waals surface area contributed by atoms with E-state index in [1.807, 2.05) is 6.07 Å². The van der Waals surface area contributed by atoms with Gasteiger partial charge in [-0.25, -0.2) is 0 Å². The number of benzene rings is 2. The third-order valence-corrected chi connectivity index (χ3v) is 7.58. The minimum Gasteiger partial charge on any atom is -0.324 e. The molecule has 35 heavy (non-hydrogen) atoms. The number of halogens is 1. The zero-order valence-corrected chi connectivity index (χ0v) is 21.8. The van der Waals surface area contributed by atoms with Gasteiger partial charge in [0.1, 0.15) is 10.9 Å². The molecule has 182 valence electrons. The lowest BCUT2D eigenvalue weighted by Gasteiger charge is -2.17. The first kappa shape index (κ1) is 25.4. The van der Waals surface area contributed by atoms with Crippen molar-refractivity contribution in [2.45, 2.75) is 39.0 Å². The Balaban J connectivity index is 1.54. The maximum absolute atomic E-state index is 13.5. The molecule has 2 heterocycles. The number of anilines is 2. The summed E-state index contributed by atoms with van der Waals surface area (Å²) in [4.78, 5) is 42.9. The smallest absolute Gasteiger partial charge is 0.267 e. The van der Waals surface area contributed by atoms with Crippen LogP contribution in [0.5, 0.6) is 0 Å². The van der Waals surface area contributed by atoms with Crippen molar-refractivity contribution in [2.75, 3.05) is 23.3 Å². The summed E-state index contributed by atoms with van der Waals surface area (Å²) in [7, 11) is 0. The first-order valence-corrected chi connectivity index (χ1v) is 13.3. The number of unbranched alkanes of at least 4 members (excludes halogenated alkanes) is 4. The van der Waals surface area contributed by atoms with Crippen molar-refractivity contribution in [3.05, 3.63) is 64.0 Å². The van der Waals surface area contributed by atoms with Gasteiger partial charge < -0.3 is 5.32 Å². The Morgan fingerprint density at radius 3 is 2.54 bits per heavy atom. The number of carbonyl (C=O) groups excluding carboxylic acids is 3. The number of rotatable bonds is 9. The maximum Gasteiger partial charge on any atom is 0.267 e. The molecular formula is C26H26ClN3O3S2. The molecule has 0 spiro atoms. The molecule has 0 saturated carbocycles. The molecule has 0 aromatic heterocycles. The van der Waals surface area contributed by atoms with Crippen LogP contribution in [-0.2, 0) is 14.4 Å². The summed E-state index contributed by atoms with van der Waals surface area (Å²) in [5.41, 5.74) is 2.08. The zero-order valence-electron chi connectivity index (χ0n) is 19.4. The fraction of sp³-hybridized carbons (Fsp3) is 0.308. The monoisotopic (exact) mass is 527 g/mol. The normalized spacial score (nSPS) is 17.4. The molecule has 1 fully saturated rings. The van der Waals surface area contributed by atoms with E-state index in [1.54, 1.807) is 47.4 Å². The molecule has 2 aliphatic rings. The Kier molecular flexibility index (Phi) is 8.26. The minimum atomic E-state index is -0.379. The van der Waals surface area contributed by atoms with Crippen molar-refractivity contribution in [1.82, 2.24) is 4.90 Å². The number of fused-ring (bicyclic) bond motifs is 1. The zero-order chi connectivity index (χ0) is 24.9. The van der Waals surface area contributed by atoms with Crippen LogP contribution in [0.2, 0.25) is 5.02 Å². The number of hydrogen-bond acceptors (Lipinski definition) is 5. The highest BCUT2D eigenvalue weighted by Crippen LogP contribution is 2.44. The summed E-state index contributed by atoms with van der Waals surface area (Å²) in [6, 6.07) is 14.0. The van der Waals surface area contributed by atoms with Gasteiger partial charge in [0, 0.05) is 22.8 Å². The van der Waals surface area contributed by atoms with Gasteiger partial charge in [0.15, 0.2) is 0 Å². The predicted molar refractivity (Wildman–Crippen MR) is 146 cm³/mol. The Bertz CT molecular complexity index is 1210. The van der Waals surface area contributed by atoms with Crippen LogP contribution in [0.4, 0.5) is 11.4 Å². The van der Waals surface area contributed by atoms with E-state index in [1.165, 1.54) is 11.3 Å². The topological polar surface area (TPSA) is 69.7 Å². The van der Waals surface area contributed by atoms with Gasteiger partial charge in [-0.3, -0.25) is 24.2 Å². The van der Waals surface area contributed by atoms with Gasteiger partial charge in [-0.15, -0.1) is 0 Å². The van der Waals surface area contributed by atoms with Crippen molar-refractivity contribution in [3.8, 4) is 0 Å². The molecule has 4 rings (SSSR count). The fourth-order valence-electron chi connectivity index (χ4n) is 4.18. The average molecular weight is 528 g/mol. The van der Waals surface area contributed by atoms with E-state index in [9.17, 15) is 14.4 Å². The first-order chi connectivity index (χ1) is 16.9. The van der Waals surface area contributed by atoms with Crippen molar-refractivity contribution in [1.29, 1.82) is 0 Å². The number of nitrogens with zero attached hydrogens (tertiary/aromatic N) is 2. The first-order valence-electron chi connectivity index (χ1n) is 11.6. The second-order valence-corrected chi connectivity index (χ2v) is 10.5. The molecule has 0 bridgehead atoms. The maximum atomic E-state index is 13.5. The highest BCUT2D eigenvalue weighted by Gasteiger charge is 2.42. The third-order valence-electron chi connectivity index (χ3n) is 5.89. The molecule has 0 unspecified atom stereocenters. The summed E-state index contributed by atoms with van der Waals surface area (Å²) >= 11 is 12.7. The second-order valence-electron chi connectivity index (χ2n) is 8.41. The predicted octanol–water partition coefficient (Wildman–Crippen LogP) is 5.87. The highest BCUT2D eigenvalue weighted by molar-refractivity contribution is 8.26. The lowest BCUT2D eigenvalue weighted by molar-refractivity contribution is -0.122. The molecule has 0 aliphatic carbocycles. The number of thioether (sulfide) groups is 1. The SMILES string of the molecule is CCCCCCCN1C(=O)/C(=C2/C(=O)N(CC(=O)Nc3cccc(Cl)c3)c3ccccc32)SC1=S. The quantitative estimate of drug-likeness (QED) is 0.251. The van der Waals surface area contributed by atoms with Gasteiger partial charge >= 0.3 is 0 Å². The van der Waals surface area contributed by atoms with Gasteiger partial charge in [0.2, 0.25) is 5.91 Å². The number of thiocarbonyl (C=S) groups is 1. The van der Waals surface area contributed by atoms with Gasteiger partial charge in [0.25, 0.3) is 11.8 Å². The lowest BCUT2D eigenvalue weighted by Crippen LogP contribution is -2.35. The molecular weight excluding hydrogens is 502 g/mol. The molecule has 2 aromatic carbocycles. The van der Waals surface area contributed by atoms with Crippen LogP contribution in [0, 0.1) is 0 Å². The van der Waals surface area contributed by atoms with Crippen LogP contribution in [0.1, 0.15) is 44.6 Å². The van der Waals surface area contributed by atoms with Crippen molar-refractivity contribution in [2.24, 2.45) is 0 Å². The number of hydrogen-bond donors (Lipinski definition) is 1. The van der Waals surface area contributed by atoms with Crippen molar-refractivity contribution in [3.63, 3.8) is 0 Å². The Hall–Kier alpha value is -2.68. The van der Waals surface area contributed by atoms with Gasteiger partial charge in [-0.05, 0) is 30.7 Å². The van der Waals surface area contributed by atoms with Crippen LogP contribution >= 0.6 is 35.6 Å². The number of nitrogens with one attached hydrogen (secondary N) is 1. The minimum absolute atomic E-state index is 0.191. The van der Waals surface area contributed by atoms with Gasteiger partial charge in [-0.2, -0.15) is 0 Å². The van der Waals surface area contributed by atoms with E-state index < -0.39 is 0 Å². The average Bonchev–Trinajstić information content (AvgIpc) is 3.26. The van der Waals surface area contributed by atoms with Crippen LogP contribution in [0.15, 0.2) is 53.4 Å². The van der Waals surface area contributed by atoms with E-state index in [2.05, 4.69) is 12.2 Å². The molecule has 9 heteroatoms. The molecule has 1 N–H and O–H groups in total. The van der Waals surface area contributed by atoms with Crippen molar-refractivity contribution < 1.29 is 14.4 Å². The van der Waals surface area contributed by atoms with Gasteiger partial charge in [-0.1, -0.05) is 92.5 Å². The van der Waals surface area contributed by atoms with Gasteiger partial charge in [0.05, 0.1) is 16.2 Å².